The molecule has 0 aromatic carbocycles. The van der Waals surface area contributed by atoms with E-state index in [0.29, 0.717) is 16.9 Å². The molecule has 0 atom stereocenters. The first-order valence-corrected chi connectivity index (χ1v) is 7.67. The maximum Gasteiger partial charge on any atom is 0.274 e. The summed E-state index contributed by atoms with van der Waals surface area (Å²) in [4.78, 5) is 17.6. The number of anilines is 1. The molecule has 2 N–H and O–H groups in total. The minimum absolute atomic E-state index is 0.0807. The van der Waals surface area contributed by atoms with Gasteiger partial charge in [-0.3, -0.25) is 10.1 Å². The van der Waals surface area contributed by atoms with Crippen LogP contribution < -0.4 is 10.6 Å². The lowest BCUT2D eigenvalue weighted by molar-refractivity contribution is 0.101. The number of piperidine rings is 1. The first kappa shape index (κ1) is 13.3. The normalized spacial score (nSPS) is 16.2. The Hall–Kier alpha value is -1.66. The zero-order valence-corrected chi connectivity index (χ0v) is 12.2. The molecular weight excluding hydrogens is 272 g/mol. The van der Waals surface area contributed by atoms with E-state index < -0.39 is 0 Å². The molecule has 1 aliphatic rings. The van der Waals surface area contributed by atoms with Crippen molar-refractivity contribution in [3.8, 4) is 0 Å². The molecule has 2 aromatic heterocycles. The van der Waals surface area contributed by atoms with Crippen molar-refractivity contribution in [2.45, 2.75) is 25.8 Å². The third-order valence-electron chi connectivity index (χ3n) is 3.56. The highest BCUT2D eigenvalue weighted by molar-refractivity contribution is 7.15. The molecule has 3 heterocycles. The van der Waals surface area contributed by atoms with E-state index >= 15 is 0 Å². The smallest absolute Gasteiger partial charge is 0.274 e. The average Bonchev–Trinajstić information content (AvgIpc) is 3.09. The second-order valence-electron chi connectivity index (χ2n) is 5.01. The predicted molar refractivity (Wildman–Crippen MR) is 80.4 cm³/mol. The van der Waals surface area contributed by atoms with Gasteiger partial charge in [0.05, 0.1) is 0 Å². The van der Waals surface area contributed by atoms with Crippen molar-refractivity contribution in [2.24, 2.45) is 0 Å². The highest BCUT2D eigenvalue weighted by atomic mass is 32.1. The van der Waals surface area contributed by atoms with Crippen LogP contribution in [-0.4, -0.2) is 28.5 Å². The van der Waals surface area contributed by atoms with Crippen LogP contribution in [0, 0.1) is 6.92 Å². The second-order valence-corrected chi connectivity index (χ2v) is 6.25. The van der Waals surface area contributed by atoms with Crippen LogP contribution in [0.4, 0.5) is 5.13 Å². The van der Waals surface area contributed by atoms with Crippen LogP contribution in [0.2, 0.25) is 0 Å². The fraction of sp³-hybridized carbons (Fsp3) is 0.429. The van der Waals surface area contributed by atoms with Gasteiger partial charge in [0.1, 0.15) is 5.69 Å². The number of hydrogen-bond donors (Lipinski definition) is 2. The Labute approximate surface area is 122 Å². The van der Waals surface area contributed by atoms with E-state index in [1.807, 2.05) is 25.3 Å². The van der Waals surface area contributed by atoms with Gasteiger partial charge in [-0.1, -0.05) is 0 Å². The van der Waals surface area contributed by atoms with Gasteiger partial charge in [0.15, 0.2) is 5.13 Å². The minimum atomic E-state index is -0.0807. The maximum atomic E-state index is 12.4. The molecule has 2 aromatic rings. The number of carbonyl (C=O) groups excluding carboxylic acids is 1. The Morgan fingerprint density at radius 3 is 3.00 bits per heavy atom. The SMILES string of the molecule is Cc1cnc(NC(=O)c2cccn2C2CCNCC2)s1. The molecule has 1 amide bonds. The number of amides is 1. The highest BCUT2D eigenvalue weighted by Crippen LogP contribution is 2.23. The molecule has 20 heavy (non-hydrogen) atoms. The minimum Gasteiger partial charge on any atom is -0.340 e. The topological polar surface area (TPSA) is 59.0 Å². The lowest BCUT2D eigenvalue weighted by atomic mass is 10.1. The van der Waals surface area contributed by atoms with E-state index in [-0.39, 0.29) is 5.91 Å². The van der Waals surface area contributed by atoms with Gasteiger partial charge in [-0.25, -0.2) is 4.98 Å². The molecule has 6 heteroatoms. The Morgan fingerprint density at radius 1 is 1.50 bits per heavy atom. The van der Waals surface area contributed by atoms with Crippen molar-refractivity contribution in [2.75, 3.05) is 18.4 Å². The lowest BCUT2D eigenvalue weighted by Gasteiger charge is -2.25. The molecule has 106 valence electrons. The molecule has 1 aliphatic heterocycles. The van der Waals surface area contributed by atoms with Crippen LogP contribution in [0.3, 0.4) is 0 Å². The Bertz CT molecular complexity index is 598. The summed E-state index contributed by atoms with van der Waals surface area (Å²) < 4.78 is 2.09. The van der Waals surface area contributed by atoms with Crippen molar-refractivity contribution in [1.29, 1.82) is 0 Å². The molecular formula is C14H18N4OS. The number of aryl methyl sites for hydroxylation is 1. The van der Waals surface area contributed by atoms with Gasteiger partial charge >= 0.3 is 0 Å². The van der Waals surface area contributed by atoms with Crippen LogP contribution in [0.25, 0.3) is 0 Å². The average molecular weight is 290 g/mol. The van der Waals surface area contributed by atoms with Gasteiger partial charge in [0.2, 0.25) is 0 Å². The van der Waals surface area contributed by atoms with Gasteiger partial charge in [0, 0.05) is 23.3 Å². The number of carbonyl (C=O) groups is 1. The van der Waals surface area contributed by atoms with Crippen LogP contribution in [0.1, 0.15) is 34.2 Å². The standard InChI is InChI=1S/C14H18N4OS/c1-10-9-16-14(20-10)17-13(19)12-3-2-8-18(12)11-4-6-15-7-5-11/h2-3,8-9,11,15H,4-7H2,1H3,(H,16,17,19). The third kappa shape index (κ3) is 2.76. The Balaban J connectivity index is 1.76. The van der Waals surface area contributed by atoms with Crippen molar-refractivity contribution >= 4 is 22.4 Å². The van der Waals surface area contributed by atoms with E-state index in [1.54, 1.807) is 6.20 Å². The van der Waals surface area contributed by atoms with E-state index in [9.17, 15) is 4.79 Å². The van der Waals surface area contributed by atoms with Crippen molar-refractivity contribution in [3.05, 3.63) is 35.1 Å². The van der Waals surface area contributed by atoms with E-state index in [1.165, 1.54) is 11.3 Å². The van der Waals surface area contributed by atoms with Crippen LogP contribution in [0.15, 0.2) is 24.5 Å². The molecule has 0 aliphatic carbocycles. The maximum absolute atomic E-state index is 12.4. The van der Waals surface area contributed by atoms with Crippen LogP contribution in [0.5, 0.6) is 0 Å². The number of nitrogens with one attached hydrogen (secondary N) is 2. The number of rotatable bonds is 3. The quantitative estimate of drug-likeness (QED) is 0.912. The molecule has 0 radical (unpaired) electrons. The number of nitrogens with zero attached hydrogens (tertiary/aromatic N) is 2. The Morgan fingerprint density at radius 2 is 2.30 bits per heavy atom. The zero-order valence-electron chi connectivity index (χ0n) is 11.4. The predicted octanol–water partition coefficient (Wildman–Crippen LogP) is 2.43. The summed E-state index contributed by atoms with van der Waals surface area (Å²) in [6.45, 7) is 4.00. The molecule has 0 spiro atoms. The first-order valence-electron chi connectivity index (χ1n) is 6.85. The first-order chi connectivity index (χ1) is 9.74. The van der Waals surface area contributed by atoms with Crippen molar-refractivity contribution in [1.82, 2.24) is 14.9 Å². The van der Waals surface area contributed by atoms with E-state index in [2.05, 4.69) is 20.2 Å². The summed E-state index contributed by atoms with van der Waals surface area (Å²) in [5, 5.41) is 6.88. The van der Waals surface area contributed by atoms with Gasteiger partial charge in [-0.15, -0.1) is 11.3 Å². The second kappa shape index (κ2) is 5.76. The highest BCUT2D eigenvalue weighted by Gasteiger charge is 2.20. The number of aromatic nitrogens is 2. The summed E-state index contributed by atoms with van der Waals surface area (Å²) in [5.74, 6) is -0.0807. The number of thiazole rings is 1. The molecule has 0 unspecified atom stereocenters. The van der Waals surface area contributed by atoms with E-state index in [4.69, 9.17) is 0 Å². The molecule has 0 saturated carbocycles. The van der Waals surface area contributed by atoms with Crippen LogP contribution >= 0.6 is 11.3 Å². The molecule has 1 saturated heterocycles. The molecule has 3 rings (SSSR count). The molecule has 0 bridgehead atoms. The summed E-state index contributed by atoms with van der Waals surface area (Å²) >= 11 is 1.49. The van der Waals surface area contributed by atoms with Gasteiger partial charge in [-0.05, 0) is 45.0 Å². The third-order valence-corrected chi connectivity index (χ3v) is 4.38. The fourth-order valence-electron chi connectivity index (χ4n) is 2.56. The largest absolute Gasteiger partial charge is 0.340 e. The molecule has 5 nitrogen and oxygen atoms in total. The Kier molecular flexibility index (Phi) is 3.84. The monoisotopic (exact) mass is 290 g/mol. The summed E-state index contributed by atoms with van der Waals surface area (Å²) in [7, 11) is 0. The van der Waals surface area contributed by atoms with Crippen molar-refractivity contribution in [3.63, 3.8) is 0 Å². The zero-order chi connectivity index (χ0) is 13.9. The van der Waals surface area contributed by atoms with Crippen LogP contribution in [-0.2, 0) is 0 Å². The lowest BCUT2D eigenvalue weighted by Crippen LogP contribution is -2.31. The number of hydrogen-bond acceptors (Lipinski definition) is 4. The fourth-order valence-corrected chi connectivity index (χ4v) is 3.22. The molecule has 1 fully saturated rings. The summed E-state index contributed by atoms with van der Waals surface area (Å²) in [6, 6.07) is 4.21. The van der Waals surface area contributed by atoms with Gasteiger partial charge < -0.3 is 9.88 Å². The van der Waals surface area contributed by atoms with Crippen molar-refractivity contribution < 1.29 is 4.79 Å². The summed E-state index contributed by atoms with van der Waals surface area (Å²) in [6.07, 6.45) is 5.89. The summed E-state index contributed by atoms with van der Waals surface area (Å²) in [5.41, 5.74) is 0.713. The van der Waals surface area contributed by atoms with E-state index in [0.717, 1.165) is 30.8 Å². The van der Waals surface area contributed by atoms with Gasteiger partial charge in [-0.2, -0.15) is 0 Å². The van der Waals surface area contributed by atoms with Gasteiger partial charge in [0.25, 0.3) is 5.91 Å².